The van der Waals surface area contributed by atoms with Crippen molar-refractivity contribution < 1.29 is 14.3 Å². The highest BCUT2D eigenvalue weighted by atomic mass is 35.5. The Morgan fingerprint density at radius 1 is 1.23 bits per heavy atom. The number of nitrogens with zero attached hydrogens (tertiary/aromatic N) is 3. The predicted molar refractivity (Wildman–Crippen MR) is 117 cm³/mol. The van der Waals surface area contributed by atoms with Crippen molar-refractivity contribution in [2.75, 3.05) is 5.32 Å². The van der Waals surface area contributed by atoms with Crippen LogP contribution >= 0.6 is 23.2 Å². The van der Waals surface area contributed by atoms with Gasteiger partial charge in [-0.3, -0.25) is 19.4 Å². The number of hydrogen-bond donors (Lipinski definition) is 1. The smallest absolute Gasteiger partial charge is 0.302 e. The molecule has 160 valence electrons. The summed E-state index contributed by atoms with van der Waals surface area (Å²) < 4.78 is 7.14. The van der Waals surface area contributed by atoms with Crippen LogP contribution in [0.1, 0.15) is 42.6 Å². The summed E-state index contributed by atoms with van der Waals surface area (Å²) in [4.78, 5) is 45.6. The topological polar surface area (TPSA) is 103 Å². The Kier molecular flexibility index (Phi) is 5.93. The molecule has 0 bridgehead atoms. The molecule has 1 aliphatic carbocycles. The summed E-state index contributed by atoms with van der Waals surface area (Å²) in [6, 6.07) is 3.19. The van der Waals surface area contributed by atoms with Gasteiger partial charge in [0.25, 0.3) is 5.91 Å². The molecule has 0 saturated heterocycles. The zero-order valence-electron chi connectivity index (χ0n) is 16.5. The minimum Gasteiger partial charge on any atom is -0.462 e. The maximum atomic E-state index is 13.0. The third-order valence-electron chi connectivity index (χ3n) is 5.21. The first kappa shape index (κ1) is 21.3. The molecule has 8 nitrogen and oxygen atoms in total. The largest absolute Gasteiger partial charge is 0.462 e. The van der Waals surface area contributed by atoms with Crippen molar-refractivity contribution in [3.8, 4) is 0 Å². The highest BCUT2D eigenvalue weighted by Crippen LogP contribution is 2.34. The van der Waals surface area contributed by atoms with E-state index in [2.05, 4.69) is 15.3 Å². The summed E-state index contributed by atoms with van der Waals surface area (Å²) >= 11 is 12.2. The van der Waals surface area contributed by atoms with Gasteiger partial charge >= 0.3 is 5.97 Å². The Morgan fingerprint density at radius 3 is 2.68 bits per heavy atom. The fraction of sp³-hybridized carbons (Fsp3) is 0.286. The Hall–Kier alpha value is -2.97. The van der Waals surface area contributed by atoms with Gasteiger partial charge in [0, 0.05) is 44.2 Å². The van der Waals surface area contributed by atoms with Gasteiger partial charge in [0.1, 0.15) is 17.3 Å². The number of ether oxygens (including phenoxy) is 1. The van der Waals surface area contributed by atoms with Crippen LogP contribution in [0.15, 0.2) is 41.7 Å². The average Bonchev–Trinajstić information content (AvgIpc) is 3.18. The minimum atomic E-state index is -0.644. The fourth-order valence-electron chi connectivity index (χ4n) is 3.85. The molecule has 0 aromatic carbocycles. The number of esters is 1. The first-order valence-electron chi connectivity index (χ1n) is 9.62. The van der Waals surface area contributed by atoms with Crippen LogP contribution in [0, 0.1) is 0 Å². The monoisotopic (exact) mass is 460 g/mol. The molecule has 3 aromatic rings. The molecule has 0 unspecified atom stereocenters. The van der Waals surface area contributed by atoms with Crippen LogP contribution in [0.3, 0.4) is 0 Å². The van der Waals surface area contributed by atoms with Crippen molar-refractivity contribution >= 4 is 51.8 Å². The van der Waals surface area contributed by atoms with Crippen LogP contribution in [0.4, 0.5) is 5.69 Å². The number of aromatic nitrogens is 3. The second kappa shape index (κ2) is 8.64. The average molecular weight is 461 g/mol. The summed E-state index contributed by atoms with van der Waals surface area (Å²) in [5.41, 5.74) is 0.127. The summed E-state index contributed by atoms with van der Waals surface area (Å²) in [7, 11) is 0. The first-order valence-corrected chi connectivity index (χ1v) is 10.4. The van der Waals surface area contributed by atoms with Gasteiger partial charge in [-0.2, -0.15) is 0 Å². The van der Waals surface area contributed by atoms with E-state index < -0.39 is 11.3 Å². The Morgan fingerprint density at radius 2 is 1.97 bits per heavy atom. The van der Waals surface area contributed by atoms with E-state index >= 15 is 0 Å². The maximum absolute atomic E-state index is 13.0. The van der Waals surface area contributed by atoms with Gasteiger partial charge < -0.3 is 14.6 Å². The third-order valence-corrected chi connectivity index (χ3v) is 5.78. The van der Waals surface area contributed by atoms with Crippen LogP contribution in [-0.4, -0.2) is 32.5 Å². The van der Waals surface area contributed by atoms with Crippen LogP contribution in [0.2, 0.25) is 10.0 Å². The van der Waals surface area contributed by atoms with Crippen molar-refractivity contribution in [3.63, 3.8) is 0 Å². The van der Waals surface area contributed by atoms with Crippen molar-refractivity contribution in [2.24, 2.45) is 0 Å². The molecular formula is C21H18Cl2N4O4. The number of carbonyl (C=O) groups excluding carboxylic acids is 2. The molecule has 3 heterocycles. The lowest BCUT2D eigenvalue weighted by atomic mass is 10.1. The van der Waals surface area contributed by atoms with Crippen molar-refractivity contribution in [1.29, 1.82) is 0 Å². The van der Waals surface area contributed by atoms with Crippen molar-refractivity contribution in [2.45, 2.75) is 38.3 Å². The number of pyridine rings is 3. The maximum Gasteiger partial charge on any atom is 0.302 e. The molecule has 0 radical (unpaired) electrons. The Labute approximate surface area is 187 Å². The molecule has 3 aromatic heterocycles. The van der Waals surface area contributed by atoms with Gasteiger partial charge in [-0.05, 0) is 25.0 Å². The van der Waals surface area contributed by atoms with Gasteiger partial charge in [0.15, 0.2) is 0 Å². The van der Waals surface area contributed by atoms with Gasteiger partial charge in [0.05, 0.1) is 21.1 Å². The van der Waals surface area contributed by atoms with Crippen LogP contribution in [0.25, 0.3) is 11.0 Å². The van der Waals surface area contributed by atoms with Gasteiger partial charge in [0.2, 0.25) is 5.43 Å². The molecule has 31 heavy (non-hydrogen) atoms. The summed E-state index contributed by atoms with van der Waals surface area (Å²) in [6.45, 7) is 1.38. The number of fused-ring (bicyclic) bond motifs is 1. The molecule has 1 N–H and O–H groups in total. The quantitative estimate of drug-likeness (QED) is 0.589. The van der Waals surface area contributed by atoms with Gasteiger partial charge in [-0.25, -0.2) is 4.98 Å². The normalized spacial score (nSPS) is 18.2. The lowest BCUT2D eigenvalue weighted by Crippen LogP contribution is -2.25. The van der Waals surface area contributed by atoms with Crippen LogP contribution in [0.5, 0.6) is 0 Å². The standard InChI is InChI=1S/C21H18Cl2N4O4/c1-11(28)31-13-5-4-12(7-13)27-10-15(19(29)14-3-2-6-25-20(14)27)21(30)26-18-16(22)8-24-9-17(18)23/h2-3,6,8-10,12-13H,4-5,7H2,1H3,(H,24,26,30)/t12-,13-/m1/s1. The second-order valence-electron chi connectivity index (χ2n) is 7.28. The Balaban J connectivity index is 1.75. The molecule has 1 saturated carbocycles. The Bertz CT molecular complexity index is 1220. The van der Waals surface area contributed by atoms with Gasteiger partial charge in [-0.15, -0.1) is 0 Å². The predicted octanol–water partition coefficient (Wildman–Crippen LogP) is 4.01. The van der Waals surface area contributed by atoms with E-state index in [4.69, 9.17) is 27.9 Å². The highest BCUT2D eigenvalue weighted by molar-refractivity contribution is 6.39. The fourth-order valence-corrected chi connectivity index (χ4v) is 4.31. The summed E-state index contributed by atoms with van der Waals surface area (Å²) in [5, 5.41) is 3.24. The van der Waals surface area contributed by atoms with E-state index in [1.54, 1.807) is 18.3 Å². The molecule has 1 fully saturated rings. The zero-order chi connectivity index (χ0) is 22.1. The SMILES string of the molecule is CC(=O)O[C@@H]1CC[C@@H](n2cc(C(=O)Nc3c(Cl)cncc3Cl)c(=O)c3cccnc32)C1. The lowest BCUT2D eigenvalue weighted by Gasteiger charge is -2.19. The summed E-state index contributed by atoms with van der Waals surface area (Å²) in [5.74, 6) is -0.978. The zero-order valence-corrected chi connectivity index (χ0v) is 18.0. The van der Waals surface area contributed by atoms with E-state index in [1.165, 1.54) is 25.5 Å². The summed E-state index contributed by atoms with van der Waals surface area (Å²) in [6.07, 6.45) is 7.54. The van der Waals surface area contributed by atoms with Crippen molar-refractivity contribution in [3.05, 3.63) is 62.8 Å². The van der Waals surface area contributed by atoms with E-state index in [0.717, 1.165) is 6.42 Å². The first-order chi connectivity index (χ1) is 14.8. The number of nitrogens with one attached hydrogen (secondary N) is 1. The molecule has 2 atom stereocenters. The van der Waals surface area contributed by atoms with E-state index in [9.17, 15) is 14.4 Å². The number of hydrogen-bond acceptors (Lipinski definition) is 6. The minimum absolute atomic E-state index is 0.0691. The third kappa shape index (κ3) is 4.26. The number of rotatable bonds is 4. The molecule has 1 amide bonds. The lowest BCUT2D eigenvalue weighted by molar-refractivity contribution is -0.146. The molecule has 4 rings (SSSR count). The van der Waals surface area contributed by atoms with E-state index in [0.29, 0.717) is 23.9 Å². The molecule has 10 heteroatoms. The highest BCUT2D eigenvalue weighted by Gasteiger charge is 2.30. The van der Waals surface area contributed by atoms with Crippen LogP contribution < -0.4 is 10.7 Å². The second-order valence-corrected chi connectivity index (χ2v) is 8.10. The van der Waals surface area contributed by atoms with Crippen LogP contribution in [-0.2, 0) is 9.53 Å². The molecule has 0 spiro atoms. The molecular weight excluding hydrogens is 443 g/mol. The van der Waals surface area contributed by atoms with E-state index in [1.807, 2.05) is 4.57 Å². The molecule has 0 aliphatic heterocycles. The molecule has 1 aliphatic rings. The van der Waals surface area contributed by atoms with Crippen molar-refractivity contribution in [1.82, 2.24) is 14.5 Å². The number of halogens is 2. The number of carbonyl (C=O) groups is 2. The van der Waals surface area contributed by atoms with E-state index in [-0.39, 0.29) is 39.4 Å². The number of anilines is 1. The van der Waals surface area contributed by atoms with Gasteiger partial charge in [-0.1, -0.05) is 23.2 Å². The number of amides is 1.